The number of amides is 1. The van der Waals surface area contributed by atoms with E-state index in [9.17, 15) is 9.18 Å². The van der Waals surface area contributed by atoms with Crippen molar-refractivity contribution < 1.29 is 18.7 Å². The van der Waals surface area contributed by atoms with Crippen LogP contribution in [0, 0.1) is 12.7 Å². The Morgan fingerprint density at radius 3 is 2.48 bits per heavy atom. The molecule has 4 rings (SSSR count). The number of rotatable bonds is 8. The zero-order chi connectivity index (χ0) is 23.0. The topological polar surface area (TPSA) is 59.9 Å². The summed E-state index contributed by atoms with van der Waals surface area (Å²) in [6.07, 6.45) is 1.56. The van der Waals surface area contributed by atoms with Crippen LogP contribution in [-0.4, -0.2) is 18.7 Å². The van der Waals surface area contributed by atoms with Gasteiger partial charge in [0, 0.05) is 5.56 Å². The fourth-order valence-corrected chi connectivity index (χ4v) is 3.34. The molecule has 0 unspecified atom stereocenters. The number of para-hydroxylation sites is 1. The number of fused-ring (bicyclic) bond motifs is 1. The molecule has 0 atom stereocenters. The van der Waals surface area contributed by atoms with E-state index < -0.39 is 0 Å². The SMILES string of the molecule is Cc1ccccc1OCC(=O)NN=Cc1c(OCc2ccc(F)cc2)ccc2ccccc12. The minimum Gasteiger partial charge on any atom is -0.488 e. The van der Waals surface area contributed by atoms with Crippen LogP contribution >= 0.6 is 0 Å². The van der Waals surface area contributed by atoms with Crippen molar-refractivity contribution in [3.05, 3.63) is 107 Å². The predicted octanol–water partition coefficient (Wildman–Crippen LogP) is 5.40. The van der Waals surface area contributed by atoms with Gasteiger partial charge in [-0.1, -0.05) is 60.7 Å². The van der Waals surface area contributed by atoms with Gasteiger partial charge in [0.2, 0.25) is 0 Å². The molecule has 0 radical (unpaired) electrons. The zero-order valence-electron chi connectivity index (χ0n) is 18.1. The number of benzene rings is 4. The van der Waals surface area contributed by atoms with E-state index in [1.54, 1.807) is 18.3 Å². The van der Waals surface area contributed by atoms with Crippen LogP contribution in [0.5, 0.6) is 11.5 Å². The van der Waals surface area contributed by atoms with Gasteiger partial charge in [0.05, 0.1) is 6.21 Å². The normalized spacial score (nSPS) is 11.0. The van der Waals surface area contributed by atoms with Gasteiger partial charge in [-0.25, -0.2) is 9.82 Å². The number of ether oxygens (including phenoxy) is 2. The first-order chi connectivity index (χ1) is 16.1. The van der Waals surface area contributed by atoms with Crippen LogP contribution in [0.3, 0.4) is 0 Å². The van der Waals surface area contributed by atoms with Crippen LogP contribution in [0.25, 0.3) is 10.8 Å². The number of carbonyl (C=O) groups excluding carboxylic acids is 1. The van der Waals surface area contributed by atoms with Gasteiger partial charge in [-0.05, 0) is 53.1 Å². The van der Waals surface area contributed by atoms with Crippen LogP contribution in [0.1, 0.15) is 16.7 Å². The molecule has 33 heavy (non-hydrogen) atoms. The molecule has 0 aliphatic carbocycles. The Bertz CT molecular complexity index is 1290. The van der Waals surface area contributed by atoms with E-state index in [0.717, 1.165) is 27.5 Å². The molecule has 1 N–H and O–H groups in total. The number of hydrogen-bond acceptors (Lipinski definition) is 4. The molecule has 0 heterocycles. The van der Waals surface area contributed by atoms with Crippen molar-refractivity contribution in [3.63, 3.8) is 0 Å². The number of nitrogens with zero attached hydrogens (tertiary/aromatic N) is 1. The van der Waals surface area contributed by atoms with Crippen molar-refractivity contribution in [3.8, 4) is 11.5 Å². The standard InChI is InChI=1S/C27H23FN2O3/c1-19-6-2-5-9-25(19)33-18-27(31)30-29-16-24-23-8-4-3-7-21(23)12-15-26(24)32-17-20-10-13-22(28)14-11-20/h2-16H,17-18H2,1H3,(H,30,31). The average Bonchev–Trinajstić information content (AvgIpc) is 2.84. The van der Waals surface area contributed by atoms with Gasteiger partial charge >= 0.3 is 0 Å². The Hall–Kier alpha value is -4.19. The van der Waals surface area contributed by atoms with Crippen molar-refractivity contribution in [2.45, 2.75) is 13.5 Å². The Labute approximate surface area is 191 Å². The molecule has 4 aromatic rings. The molecule has 6 heteroatoms. The summed E-state index contributed by atoms with van der Waals surface area (Å²) >= 11 is 0. The molecule has 166 valence electrons. The molecule has 0 saturated heterocycles. The summed E-state index contributed by atoms with van der Waals surface area (Å²) in [7, 11) is 0. The van der Waals surface area contributed by atoms with Crippen LogP contribution in [-0.2, 0) is 11.4 Å². The quantitative estimate of drug-likeness (QED) is 0.294. The number of hydrazone groups is 1. The maximum Gasteiger partial charge on any atom is 0.277 e. The van der Waals surface area contributed by atoms with Gasteiger partial charge in [-0.15, -0.1) is 0 Å². The fourth-order valence-electron chi connectivity index (χ4n) is 3.34. The first kappa shape index (κ1) is 22.0. The monoisotopic (exact) mass is 442 g/mol. The number of hydrogen-bond donors (Lipinski definition) is 1. The molecule has 0 bridgehead atoms. The molecule has 0 aromatic heterocycles. The molecule has 0 fully saturated rings. The molecule has 0 aliphatic rings. The number of carbonyl (C=O) groups is 1. The Morgan fingerprint density at radius 2 is 1.67 bits per heavy atom. The molecular weight excluding hydrogens is 419 g/mol. The van der Waals surface area contributed by atoms with E-state index in [1.165, 1.54) is 12.1 Å². The highest BCUT2D eigenvalue weighted by Crippen LogP contribution is 2.27. The van der Waals surface area contributed by atoms with Gasteiger partial charge in [0.15, 0.2) is 6.61 Å². The van der Waals surface area contributed by atoms with Gasteiger partial charge in [-0.2, -0.15) is 5.10 Å². The Balaban J connectivity index is 1.47. The lowest BCUT2D eigenvalue weighted by molar-refractivity contribution is -0.123. The number of nitrogens with one attached hydrogen (secondary N) is 1. The summed E-state index contributed by atoms with van der Waals surface area (Å²) in [5.74, 6) is 0.595. The third-order valence-electron chi connectivity index (χ3n) is 5.07. The first-order valence-corrected chi connectivity index (χ1v) is 10.5. The van der Waals surface area contributed by atoms with E-state index in [0.29, 0.717) is 11.5 Å². The zero-order valence-corrected chi connectivity index (χ0v) is 18.1. The second-order valence-electron chi connectivity index (χ2n) is 7.46. The number of aryl methyl sites for hydroxylation is 1. The van der Waals surface area contributed by atoms with Crippen molar-refractivity contribution in [2.24, 2.45) is 5.10 Å². The largest absolute Gasteiger partial charge is 0.488 e. The third kappa shape index (κ3) is 5.74. The summed E-state index contributed by atoms with van der Waals surface area (Å²) in [5.41, 5.74) is 5.03. The summed E-state index contributed by atoms with van der Waals surface area (Å²) in [6, 6.07) is 25.3. The number of halogens is 1. The van der Waals surface area contributed by atoms with Gasteiger partial charge in [0.25, 0.3) is 5.91 Å². The molecule has 4 aromatic carbocycles. The van der Waals surface area contributed by atoms with Crippen molar-refractivity contribution in [2.75, 3.05) is 6.61 Å². The van der Waals surface area contributed by atoms with Crippen molar-refractivity contribution in [1.29, 1.82) is 0 Å². The van der Waals surface area contributed by atoms with Crippen LogP contribution in [0.2, 0.25) is 0 Å². The lowest BCUT2D eigenvalue weighted by atomic mass is 10.0. The van der Waals surface area contributed by atoms with Gasteiger partial charge in [-0.3, -0.25) is 4.79 Å². The second kappa shape index (κ2) is 10.4. The van der Waals surface area contributed by atoms with E-state index in [4.69, 9.17) is 9.47 Å². The van der Waals surface area contributed by atoms with Crippen LogP contribution in [0.15, 0.2) is 90.0 Å². The van der Waals surface area contributed by atoms with E-state index in [-0.39, 0.29) is 24.9 Å². The van der Waals surface area contributed by atoms with Crippen LogP contribution in [0.4, 0.5) is 4.39 Å². The summed E-state index contributed by atoms with van der Waals surface area (Å²) in [6.45, 7) is 2.04. The second-order valence-corrected chi connectivity index (χ2v) is 7.46. The van der Waals surface area contributed by atoms with E-state index in [1.807, 2.05) is 67.6 Å². The average molecular weight is 442 g/mol. The van der Waals surface area contributed by atoms with Gasteiger partial charge in [0.1, 0.15) is 23.9 Å². The molecular formula is C27H23FN2O3. The highest BCUT2D eigenvalue weighted by molar-refractivity contribution is 6.02. The van der Waals surface area contributed by atoms with Crippen molar-refractivity contribution in [1.82, 2.24) is 5.43 Å². The predicted molar refractivity (Wildman–Crippen MR) is 127 cm³/mol. The molecule has 0 aliphatic heterocycles. The Morgan fingerprint density at radius 1 is 0.909 bits per heavy atom. The summed E-state index contributed by atoms with van der Waals surface area (Å²) in [4.78, 5) is 12.2. The van der Waals surface area contributed by atoms with E-state index >= 15 is 0 Å². The third-order valence-corrected chi connectivity index (χ3v) is 5.07. The highest BCUT2D eigenvalue weighted by atomic mass is 19.1. The highest BCUT2D eigenvalue weighted by Gasteiger charge is 2.09. The molecule has 0 saturated carbocycles. The maximum absolute atomic E-state index is 13.2. The van der Waals surface area contributed by atoms with Crippen molar-refractivity contribution >= 4 is 22.9 Å². The smallest absolute Gasteiger partial charge is 0.277 e. The minimum atomic E-state index is -0.372. The lowest BCUT2D eigenvalue weighted by Crippen LogP contribution is -2.24. The maximum atomic E-state index is 13.2. The summed E-state index contributed by atoms with van der Waals surface area (Å²) in [5, 5.41) is 6.07. The summed E-state index contributed by atoms with van der Waals surface area (Å²) < 4.78 is 24.7. The molecule has 1 amide bonds. The van der Waals surface area contributed by atoms with E-state index in [2.05, 4.69) is 10.5 Å². The van der Waals surface area contributed by atoms with Crippen LogP contribution < -0.4 is 14.9 Å². The first-order valence-electron chi connectivity index (χ1n) is 10.5. The lowest BCUT2D eigenvalue weighted by Gasteiger charge is -2.12. The van der Waals surface area contributed by atoms with Gasteiger partial charge < -0.3 is 9.47 Å². The fraction of sp³-hybridized carbons (Fsp3) is 0.111. The molecule has 5 nitrogen and oxygen atoms in total. The minimum absolute atomic E-state index is 0.147. The Kier molecular flexibility index (Phi) is 6.95. The molecule has 0 spiro atoms.